The molecule has 1 aromatic heterocycles. The van der Waals surface area contributed by atoms with Crippen LogP contribution in [0.3, 0.4) is 0 Å². The molecule has 0 N–H and O–H groups in total. The average Bonchev–Trinajstić information content (AvgIpc) is 2.99. The second kappa shape index (κ2) is 6.62. The maximum Gasteiger partial charge on any atom is 0.269 e. The fourth-order valence-electron chi connectivity index (χ4n) is 2.47. The van der Waals surface area contributed by atoms with Crippen LogP contribution in [-0.4, -0.2) is 19.7 Å². The Kier molecular flexibility index (Phi) is 4.37. The molecule has 1 heterocycles. The highest BCUT2D eigenvalue weighted by atomic mass is 16.6. The summed E-state index contributed by atoms with van der Waals surface area (Å²) in [7, 11) is 0. The number of nitrogens with zero attached hydrogens (tertiary/aromatic N) is 4. The van der Waals surface area contributed by atoms with E-state index >= 15 is 0 Å². The molecule has 0 bridgehead atoms. The fraction of sp³-hybridized carbons (Fsp3) is 0.222. The largest absolute Gasteiger partial charge is 0.269 e. The lowest BCUT2D eigenvalue weighted by atomic mass is 10.1. The van der Waals surface area contributed by atoms with E-state index in [2.05, 4.69) is 23.9 Å². The standard InChI is InChI=1S/C18H18N4O2/c1-13(2)12-17-19-18(14-8-10-16(11-9-14)22(23)24)20-21(17)15-6-4-3-5-7-15/h3-11,13H,12H2,1-2H3. The topological polar surface area (TPSA) is 73.8 Å². The van der Waals surface area contributed by atoms with E-state index in [0.717, 1.165) is 23.5 Å². The van der Waals surface area contributed by atoms with Crippen LogP contribution in [0.1, 0.15) is 19.7 Å². The third-order valence-electron chi connectivity index (χ3n) is 3.60. The van der Waals surface area contributed by atoms with Gasteiger partial charge in [0.05, 0.1) is 10.6 Å². The summed E-state index contributed by atoms with van der Waals surface area (Å²) >= 11 is 0. The van der Waals surface area contributed by atoms with Crippen molar-refractivity contribution in [2.75, 3.05) is 0 Å². The molecule has 0 spiro atoms. The van der Waals surface area contributed by atoms with Gasteiger partial charge in [0, 0.05) is 24.1 Å². The van der Waals surface area contributed by atoms with Crippen LogP contribution in [0.2, 0.25) is 0 Å². The van der Waals surface area contributed by atoms with Crippen LogP contribution in [0.25, 0.3) is 17.1 Å². The minimum atomic E-state index is -0.413. The van der Waals surface area contributed by atoms with E-state index in [0.29, 0.717) is 11.7 Å². The number of benzene rings is 2. The summed E-state index contributed by atoms with van der Waals surface area (Å²) in [5.41, 5.74) is 1.78. The van der Waals surface area contributed by atoms with Crippen molar-refractivity contribution in [1.82, 2.24) is 14.8 Å². The second-order valence-electron chi connectivity index (χ2n) is 6.00. The van der Waals surface area contributed by atoms with E-state index in [9.17, 15) is 10.1 Å². The lowest BCUT2D eigenvalue weighted by Gasteiger charge is -2.07. The minimum absolute atomic E-state index is 0.0589. The number of non-ortho nitro benzene ring substituents is 1. The fourth-order valence-corrected chi connectivity index (χ4v) is 2.47. The van der Waals surface area contributed by atoms with Crippen molar-refractivity contribution in [1.29, 1.82) is 0 Å². The maximum absolute atomic E-state index is 10.8. The quantitative estimate of drug-likeness (QED) is 0.525. The Hall–Kier alpha value is -3.02. The molecule has 0 radical (unpaired) electrons. The number of para-hydroxylation sites is 1. The van der Waals surface area contributed by atoms with Crippen molar-refractivity contribution in [3.05, 3.63) is 70.5 Å². The SMILES string of the molecule is CC(C)Cc1nc(-c2ccc([N+](=O)[O-])cc2)nn1-c1ccccc1. The molecule has 0 aliphatic heterocycles. The first-order valence-corrected chi connectivity index (χ1v) is 7.81. The Morgan fingerprint density at radius 1 is 1.08 bits per heavy atom. The van der Waals surface area contributed by atoms with Gasteiger partial charge in [0.1, 0.15) is 5.82 Å². The van der Waals surface area contributed by atoms with E-state index in [-0.39, 0.29) is 5.69 Å². The molecule has 0 aliphatic carbocycles. The van der Waals surface area contributed by atoms with Crippen molar-refractivity contribution in [3.8, 4) is 17.1 Å². The van der Waals surface area contributed by atoms with Crippen LogP contribution in [-0.2, 0) is 6.42 Å². The van der Waals surface area contributed by atoms with Gasteiger partial charge in [-0.15, -0.1) is 5.10 Å². The number of hydrogen-bond acceptors (Lipinski definition) is 4. The van der Waals surface area contributed by atoms with Crippen LogP contribution >= 0.6 is 0 Å². The van der Waals surface area contributed by atoms with E-state index < -0.39 is 4.92 Å². The lowest BCUT2D eigenvalue weighted by molar-refractivity contribution is -0.384. The monoisotopic (exact) mass is 322 g/mol. The van der Waals surface area contributed by atoms with Crippen LogP contribution in [0, 0.1) is 16.0 Å². The Labute approximate surface area is 139 Å². The molecule has 2 aromatic carbocycles. The molecule has 0 amide bonds. The summed E-state index contributed by atoms with van der Waals surface area (Å²) in [6, 6.07) is 16.2. The van der Waals surface area contributed by atoms with Crippen molar-refractivity contribution in [3.63, 3.8) is 0 Å². The summed E-state index contributed by atoms with van der Waals surface area (Å²) in [6.07, 6.45) is 0.800. The molecule has 3 aromatic rings. The van der Waals surface area contributed by atoms with Crippen LogP contribution in [0.5, 0.6) is 0 Å². The molecule has 0 unspecified atom stereocenters. The Morgan fingerprint density at radius 2 is 1.75 bits per heavy atom. The van der Waals surface area contributed by atoms with Gasteiger partial charge in [-0.3, -0.25) is 10.1 Å². The molecule has 6 nitrogen and oxygen atoms in total. The van der Waals surface area contributed by atoms with E-state index in [1.807, 2.05) is 35.0 Å². The van der Waals surface area contributed by atoms with Crippen molar-refractivity contribution in [2.24, 2.45) is 5.92 Å². The van der Waals surface area contributed by atoms with Crippen molar-refractivity contribution in [2.45, 2.75) is 20.3 Å². The molecular formula is C18H18N4O2. The summed E-state index contributed by atoms with van der Waals surface area (Å²) in [4.78, 5) is 15.0. The van der Waals surface area contributed by atoms with Crippen molar-refractivity contribution < 1.29 is 4.92 Å². The molecule has 0 saturated heterocycles. The molecule has 0 saturated carbocycles. The summed E-state index contributed by atoms with van der Waals surface area (Å²) in [6.45, 7) is 4.27. The predicted octanol–water partition coefficient (Wildman–Crippen LogP) is 4.04. The maximum atomic E-state index is 10.8. The van der Waals surface area contributed by atoms with Crippen LogP contribution in [0.4, 0.5) is 5.69 Å². The molecule has 0 atom stereocenters. The van der Waals surface area contributed by atoms with Crippen LogP contribution in [0.15, 0.2) is 54.6 Å². The first kappa shape index (κ1) is 15.9. The van der Waals surface area contributed by atoms with Gasteiger partial charge in [0.2, 0.25) is 0 Å². The third kappa shape index (κ3) is 3.32. The summed E-state index contributed by atoms with van der Waals surface area (Å²) in [5, 5.41) is 15.4. The summed E-state index contributed by atoms with van der Waals surface area (Å²) < 4.78 is 1.84. The highest BCUT2D eigenvalue weighted by Gasteiger charge is 2.15. The summed E-state index contributed by atoms with van der Waals surface area (Å²) in [5.74, 6) is 1.90. The second-order valence-corrected chi connectivity index (χ2v) is 6.00. The van der Waals surface area contributed by atoms with Crippen molar-refractivity contribution >= 4 is 5.69 Å². The molecule has 6 heteroatoms. The average molecular weight is 322 g/mol. The van der Waals surface area contributed by atoms with Gasteiger partial charge in [-0.05, 0) is 30.2 Å². The third-order valence-corrected chi connectivity index (χ3v) is 3.60. The first-order valence-electron chi connectivity index (χ1n) is 7.81. The number of aromatic nitrogens is 3. The Morgan fingerprint density at radius 3 is 2.33 bits per heavy atom. The van der Waals surface area contributed by atoms with Gasteiger partial charge in [-0.25, -0.2) is 9.67 Å². The zero-order valence-electron chi connectivity index (χ0n) is 13.6. The highest BCUT2D eigenvalue weighted by molar-refractivity contribution is 5.57. The number of nitro groups is 1. The van der Waals surface area contributed by atoms with Gasteiger partial charge in [0.25, 0.3) is 5.69 Å². The zero-order valence-corrected chi connectivity index (χ0v) is 13.6. The molecule has 0 aliphatic rings. The van der Waals surface area contributed by atoms with E-state index in [1.165, 1.54) is 12.1 Å². The molecular weight excluding hydrogens is 304 g/mol. The van der Waals surface area contributed by atoms with Gasteiger partial charge in [0.15, 0.2) is 5.82 Å². The van der Waals surface area contributed by atoms with Crippen LogP contribution < -0.4 is 0 Å². The molecule has 3 rings (SSSR count). The highest BCUT2D eigenvalue weighted by Crippen LogP contribution is 2.22. The Bertz CT molecular complexity index is 839. The predicted molar refractivity (Wildman–Crippen MR) is 92.0 cm³/mol. The Balaban J connectivity index is 2.03. The van der Waals surface area contributed by atoms with E-state index in [1.54, 1.807) is 12.1 Å². The molecule has 122 valence electrons. The normalized spacial score (nSPS) is 11.0. The zero-order chi connectivity index (χ0) is 17.1. The lowest BCUT2D eigenvalue weighted by Crippen LogP contribution is -2.06. The van der Waals surface area contributed by atoms with Gasteiger partial charge in [-0.1, -0.05) is 32.0 Å². The molecule has 24 heavy (non-hydrogen) atoms. The van der Waals surface area contributed by atoms with Gasteiger partial charge in [-0.2, -0.15) is 0 Å². The van der Waals surface area contributed by atoms with Gasteiger partial charge < -0.3 is 0 Å². The smallest absolute Gasteiger partial charge is 0.258 e. The minimum Gasteiger partial charge on any atom is -0.258 e. The van der Waals surface area contributed by atoms with Gasteiger partial charge >= 0.3 is 0 Å². The molecule has 0 fully saturated rings. The van der Waals surface area contributed by atoms with E-state index in [4.69, 9.17) is 0 Å². The number of rotatable bonds is 5. The number of hydrogen-bond donors (Lipinski definition) is 0. The first-order chi connectivity index (χ1) is 11.5. The number of nitro benzene ring substituents is 1.